The lowest BCUT2D eigenvalue weighted by Crippen LogP contribution is -2.14. The van der Waals surface area contributed by atoms with Crippen molar-refractivity contribution in [3.63, 3.8) is 0 Å². The first-order valence-corrected chi connectivity index (χ1v) is 7.21. The molecule has 0 unspecified atom stereocenters. The Morgan fingerprint density at radius 3 is 2.05 bits per heavy atom. The molecule has 1 aromatic carbocycles. The topological polar surface area (TPSA) is 75.9 Å². The smallest absolute Gasteiger partial charge is 0.148 e. The Morgan fingerprint density at radius 1 is 0.905 bits per heavy atom. The number of hydrogen-bond donors (Lipinski definition) is 3. The first kappa shape index (κ1) is 15.3. The number of nitrogen functional groups attached to an aromatic ring is 1. The zero-order valence-electron chi connectivity index (χ0n) is 13.0. The molecule has 0 bridgehead atoms. The van der Waals surface area contributed by atoms with E-state index in [0.717, 1.165) is 17.1 Å². The molecule has 1 heterocycles. The van der Waals surface area contributed by atoms with Gasteiger partial charge in [-0.1, -0.05) is 39.8 Å². The second-order valence-electron chi connectivity index (χ2n) is 5.69. The van der Waals surface area contributed by atoms with Crippen LogP contribution in [0.1, 0.15) is 50.7 Å². The average Bonchev–Trinajstić information content (AvgIpc) is 2.47. The summed E-state index contributed by atoms with van der Waals surface area (Å²) in [5.41, 5.74) is 5.93. The summed E-state index contributed by atoms with van der Waals surface area (Å²) in [6.45, 7) is 8.55. The number of aromatic nitrogens is 2. The minimum absolute atomic E-state index is 0.259. The molecule has 2 aromatic rings. The number of hydrazine groups is 1. The minimum atomic E-state index is 0.259. The van der Waals surface area contributed by atoms with Crippen molar-refractivity contribution in [3.8, 4) is 0 Å². The summed E-state index contributed by atoms with van der Waals surface area (Å²) in [7, 11) is 0. The number of nitrogens with one attached hydrogen (secondary N) is 2. The molecule has 0 saturated heterocycles. The minimum Gasteiger partial charge on any atom is -0.340 e. The van der Waals surface area contributed by atoms with Crippen LogP contribution in [0, 0.1) is 0 Å². The van der Waals surface area contributed by atoms with E-state index in [-0.39, 0.29) is 5.92 Å². The molecule has 2 rings (SSSR count). The second-order valence-corrected chi connectivity index (χ2v) is 5.69. The Balaban J connectivity index is 2.30. The van der Waals surface area contributed by atoms with Crippen LogP contribution in [0.3, 0.4) is 0 Å². The van der Waals surface area contributed by atoms with Gasteiger partial charge in [-0.3, -0.25) is 0 Å². The highest BCUT2D eigenvalue weighted by Crippen LogP contribution is 2.30. The number of rotatable bonds is 5. The van der Waals surface area contributed by atoms with Gasteiger partial charge in [-0.25, -0.2) is 15.8 Å². The molecule has 21 heavy (non-hydrogen) atoms. The number of nitrogens with zero attached hydrogens (tertiary/aromatic N) is 2. The standard InChI is InChI=1S/C16H23N5/c1-10(2)12-5-7-13(8-6-12)20-15-14(11(3)4)16(21-17)19-9-18-15/h5-11H,17H2,1-4H3,(H2,18,19,20,21). The van der Waals surface area contributed by atoms with E-state index >= 15 is 0 Å². The number of hydrogen-bond acceptors (Lipinski definition) is 5. The predicted octanol–water partition coefficient (Wildman–Crippen LogP) is 3.75. The molecule has 4 N–H and O–H groups in total. The molecule has 0 spiro atoms. The highest BCUT2D eigenvalue weighted by Gasteiger charge is 2.14. The van der Waals surface area contributed by atoms with E-state index in [1.54, 1.807) is 0 Å². The lowest BCUT2D eigenvalue weighted by molar-refractivity contribution is 0.850. The van der Waals surface area contributed by atoms with Crippen molar-refractivity contribution in [1.82, 2.24) is 9.97 Å². The molecule has 0 radical (unpaired) electrons. The SMILES string of the molecule is CC(C)c1ccc(Nc2ncnc(NN)c2C(C)C)cc1. The summed E-state index contributed by atoms with van der Waals surface area (Å²) >= 11 is 0. The van der Waals surface area contributed by atoms with Crippen LogP contribution in [0.2, 0.25) is 0 Å². The average molecular weight is 285 g/mol. The third-order valence-electron chi connectivity index (χ3n) is 3.44. The number of benzene rings is 1. The highest BCUT2D eigenvalue weighted by molar-refractivity contribution is 5.65. The summed E-state index contributed by atoms with van der Waals surface area (Å²) in [5, 5.41) is 3.35. The summed E-state index contributed by atoms with van der Waals surface area (Å²) in [5.74, 6) is 7.76. The van der Waals surface area contributed by atoms with Crippen LogP contribution in [-0.2, 0) is 0 Å². The van der Waals surface area contributed by atoms with Gasteiger partial charge in [0.15, 0.2) is 0 Å². The van der Waals surface area contributed by atoms with Gasteiger partial charge in [0.1, 0.15) is 18.0 Å². The molecule has 112 valence electrons. The first-order valence-electron chi connectivity index (χ1n) is 7.21. The molecule has 0 fully saturated rings. The molecular weight excluding hydrogens is 262 g/mol. The van der Waals surface area contributed by atoms with Crippen molar-refractivity contribution in [2.75, 3.05) is 10.7 Å². The van der Waals surface area contributed by atoms with Gasteiger partial charge in [-0.15, -0.1) is 0 Å². The zero-order valence-corrected chi connectivity index (χ0v) is 13.0. The Morgan fingerprint density at radius 2 is 1.52 bits per heavy atom. The van der Waals surface area contributed by atoms with Crippen LogP contribution >= 0.6 is 0 Å². The third-order valence-corrected chi connectivity index (χ3v) is 3.44. The maximum atomic E-state index is 5.54. The van der Waals surface area contributed by atoms with Gasteiger partial charge in [-0.05, 0) is 29.5 Å². The highest BCUT2D eigenvalue weighted by atomic mass is 15.3. The molecule has 0 saturated carbocycles. The quantitative estimate of drug-likeness (QED) is 0.576. The van der Waals surface area contributed by atoms with E-state index in [1.165, 1.54) is 11.9 Å². The van der Waals surface area contributed by atoms with Crippen LogP contribution in [0.5, 0.6) is 0 Å². The molecule has 5 nitrogen and oxygen atoms in total. The van der Waals surface area contributed by atoms with Gasteiger partial charge < -0.3 is 10.7 Å². The molecule has 0 aliphatic carbocycles. The summed E-state index contributed by atoms with van der Waals surface area (Å²) in [6, 6.07) is 8.39. The monoisotopic (exact) mass is 285 g/mol. The molecule has 0 aliphatic rings. The molecular formula is C16H23N5. The van der Waals surface area contributed by atoms with E-state index in [0.29, 0.717) is 11.7 Å². The molecule has 1 aromatic heterocycles. The van der Waals surface area contributed by atoms with E-state index < -0.39 is 0 Å². The van der Waals surface area contributed by atoms with Crippen molar-refractivity contribution in [3.05, 3.63) is 41.7 Å². The fourth-order valence-electron chi connectivity index (χ4n) is 2.25. The van der Waals surface area contributed by atoms with E-state index in [9.17, 15) is 0 Å². The summed E-state index contributed by atoms with van der Waals surface area (Å²) in [4.78, 5) is 8.51. The van der Waals surface area contributed by atoms with Crippen LogP contribution in [0.15, 0.2) is 30.6 Å². The van der Waals surface area contributed by atoms with Crippen LogP contribution < -0.4 is 16.6 Å². The van der Waals surface area contributed by atoms with Gasteiger partial charge in [0, 0.05) is 11.3 Å². The number of nitrogens with two attached hydrogens (primary N) is 1. The van der Waals surface area contributed by atoms with Crippen molar-refractivity contribution in [2.24, 2.45) is 5.84 Å². The van der Waals surface area contributed by atoms with Crippen molar-refractivity contribution < 1.29 is 0 Å². The fraction of sp³-hybridized carbons (Fsp3) is 0.375. The molecule has 0 aliphatic heterocycles. The molecule has 0 amide bonds. The van der Waals surface area contributed by atoms with E-state index in [2.05, 4.69) is 72.7 Å². The van der Waals surface area contributed by atoms with Crippen LogP contribution in [-0.4, -0.2) is 9.97 Å². The maximum absolute atomic E-state index is 5.54. The Kier molecular flexibility index (Phi) is 4.75. The van der Waals surface area contributed by atoms with Crippen LogP contribution in [0.25, 0.3) is 0 Å². The van der Waals surface area contributed by atoms with Gasteiger partial charge in [-0.2, -0.15) is 0 Å². The Labute approximate surface area is 126 Å². The Hall–Kier alpha value is -2.14. The summed E-state index contributed by atoms with van der Waals surface area (Å²) in [6.07, 6.45) is 1.51. The molecule has 0 atom stereocenters. The summed E-state index contributed by atoms with van der Waals surface area (Å²) < 4.78 is 0. The second kappa shape index (κ2) is 6.54. The van der Waals surface area contributed by atoms with Crippen molar-refractivity contribution in [1.29, 1.82) is 0 Å². The predicted molar refractivity (Wildman–Crippen MR) is 87.7 cm³/mol. The first-order chi connectivity index (χ1) is 10.0. The zero-order chi connectivity index (χ0) is 15.4. The van der Waals surface area contributed by atoms with Gasteiger partial charge in [0.2, 0.25) is 0 Å². The molecule has 5 heteroatoms. The number of anilines is 3. The lowest BCUT2D eigenvalue weighted by Gasteiger charge is -2.16. The van der Waals surface area contributed by atoms with Crippen LogP contribution in [0.4, 0.5) is 17.3 Å². The van der Waals surface area contributed by atoms with Gasteiger partial charge >= 0.3 is 0 Å². The van der Waals surface area contributed by atoms with E-state index in [4.69, 9.17) is 5.84 Å². The van der Waals surface area contributed by atoms with Gasteiger partial charge in [0.05, 0.1) is 0 Å². The fourth-order valence-corrected chi connectivity index (χ4v) is 2.25. The normalized spacial score (nSPS) is 11.0. The maximum Gasteiger partial charge on any atom is 0.148 e. The van der Waals surface area contributed by atoms with Crippen molar-refractivity contribution in [2.45, 2.75) is 39.5 Å². The van der Waals surface area contributed by atoms with Crippen molar-refractivity contribution >= 4 is 17.3 Å². The van der Waals surface area contributed by atoms with E-state index in [1.807, 2.05) is 0 Å². The van der Waals surface area contributed by atoms with Gasteiger partial charge in [0.25, 0.3) is 0 Å². The largest absolute Gasteiger partial charge is 0.340 e. The Bertz CT molecular complexity index is 590. The third kappa shape index (κ3) is 3.49. The lowest BCUT2D eigenvalue weighted by atomic mass is 10.0.